The Morgan fingerprint density at radius 1 is 1.23 bits per heavy atom. The molecule has 1 N–H and O–H groups in total. The summed E-state index contributed by atoms with van der Waals surface area (Å²) in [4.78, 5) is 0. The molecule has 2 heterocycles. The maximum Gasteiger partial charge on any atom is 0.129 e. The van der Waals surface area contributed by atoms with Gasteiger partial charge in [0, 0.05) is 23.1 Å². The lowest BCUT2D eigenvalue weighted by Crippen LogP contribution is -2.33. The van der Waals surface area contributed by atoms with Crippen molar-refractivity contribution in [3.63, 3.8) is 0 Å². The predicted molar refractivity (Wildman–Crippen MR) is 101 cm³/mol. The summed E-state index contributed by atoms with van der Waals surface area (Å²) in [7, 11) is 1.61. The second-order valence-electron chi connectivity index (χ2n) is 7.98. The Labute approximate surface area is 154 Å². The number of fused-ring (bicyclic) bond motifs is 3. The fraction of sp³-hybridized carbons (Fsp3) is 0.455. The lowest BCUT2D eigenvalue weighted by Gasteiger charge is -2.36. The van der Waals surface area contributed by atoms with Crippen LogP contribution in [0.5, 0.6) is 23.0 Å². The van der Waals surface area contributed by atoms with Crippen molar-refractivity contribution in [2.45, 2.75) is 51.6 Å². The first-order chi connectivity index (χ1) is 12.4. The number of aromatic hydroxyl groups is 1. The first-order valence-corrected chi connectivity index (χ1v) is 9.22. The highest BCUT2D eigenvalue weighted by molar-refractivity contribution is 5.55. The first kappa shape index (κ1) is 17.1. The Kier molecular flexibility index (Phi) is 4.02. The molecule has 4 rings (SSSR count). The van der Waals surface area contributed by atoms with Crippen LogP contribution in [0.4, 0.5) is 0 Å². The van der Waals surface area contributed by atoms with E-state index in [1.54, 1.807) is 13.2 Å². The maximum absolute atomic E-state index is 10.5. The normalized spacial score (nSPS) is 20.4. The van der Waals surface area contributed by atoms with Crippen molar-refractivity contribution in [2.75, 3.05) is 13.7 Å². The van der Waals surface area contributed by atoms with Gasteiger partial charge in [-0.25, -0.2) is 0 Å². The lowest BCUT2D eigenvalue weighted by atomic mass is 9.85. The van der Waals surface area contributed by atoms with Crippen molar-refractivity contribution < 1.29 is 19.3 Å². The van der Waals surface area contributed by atoms with Gasteiger partial charge < -0.3 is 19.3 Å². The number of hydrogen-bond donors (Lipinski definition) is 1. The van der Waals surface area contributed by atoms with E-state index in [4.69, 9.17) is 14.2 Å². The van der Waals surface area contributed by atoms with Crippen molar-refractivity contribution in [2.24, 2.45) is 0 Å². The minimum atomic E-state index is -0.121. The van der Waals surface area contributed by atoms with Crippen LogP contribution < -0.4 is 14.2 Å². The largest absolute Gasteiger partial charge is 0.508 e. The van der Waals surface area contributed by atoms with Crippen LogP contribution in [0.1, 0.15) is 48.4 Å². The molecule has 0 saturated carbocycles. The number of benzene rings is 2. The average molecular weight is 354 g/mol. The van der Waals surface area contributed by atoms with E-state index in [9.17, 15) is 5.11 Å². The SMILES string of the molecule is COc1cc(C)c(C2COc3c(ccc4c3CCC(C)(C)O4)C2)c(O)c1. The van der Waals surface area contributed by atoms with Gasteiger partial charge in [0.1, 0.15) is 28.6 Å². The van der Waals surface area contributed by atoms with Gasteiger partial charge in [-0.3, -0.25) is 0 Å². The summed E-state index contributed by atoms with van der Waals surface area (Å²) >= 11 is 0. The molecule has 0 radical (unpaired) electrons. The summed E-state index contributed by atoms with van der Waals surface area (Å²) in [5, 5.41) is 10.5. The molecule has 2 aromatic rings. The fourth-order valence-corrected chi connectivity index (χ4v) is 4.20. The second-order valence-corrected chi connectivity index (χ2v) is 7.98. The zero-order valence-corrected chi connectivity index (χ0v) is 15.9. The Bertz CT molecular complexity index is 830. The minimum absolute atomic E-state index is 0.121. The Hall–Kier alpha value is -2.36. The molecular weight excluding hydrogens is 328 g/mol. The van der Waals surface area contributed by atoms with Crippen LogP contribution in [0, 0.1) is 6.92 Å². The van der Waals surface area contributed by atoms with Gasteiger partial charge in [-0.1, -0.05) is 6.07 Å². The topological polar surface area (TPSA) is 47.9 Å². The molecule has 1 unspecified atom stereocenters. The average Bonchev–Trinajstić information content (AvgIpc) is 2.59. The monoisotopic (exact) mass is 354 g/mol. The van der Waals surface area contributed by atoms with Gasteiger partial charge in [0.05, 0.1) is 13.7 Å². The highest BCUT2D eigenvalue weighted by Gasteiger charge is 2.33. The van der Waals surface area contributed by atoms with Crippen LogP contribution in [-0.4, -0.2) is 24.4 Å². The van der Waals surface area contributed by atoms with Gasteiger partial charge in [0.2, 0.25) is 0 Å². The van der Waals surface area contributed by atoms with E-state index < -0.39 is 0 Å². The van der Waals surface area contributed by atoms with Crippen molar-refractivity contribution >= 4 is 0 Å². The van der Waals surface area contributed by atoms with Gasteiger partial charge in [0.15, 0.2) is 0 Å². The maximum atomic E-state index is 10.5. The number of methoxy groups -OCH3 is 1. The molecule has 0 spiro atoms. The molecule has 0 bridgehead atoms. The lowest BCUT2D eigenvalue weighted by molar-refractivity contribution is 0.0826. The Morgan fingerprint density at radius 3 is 2.77 bits per heavy atom. The summed E-state index contributed by atoms with van der Waals surface area (Å²) in [5.74, 6) is 3.02. The zero-order chi connectivity index (χ0) is 18.5. The van der Waals surface area contributed by atoms with Crippen LogP contribution in [-0.2, 0) is 12.8 Å². The third kappa shape index (κ3) is 2.87. The van der Waals surface area contributed by atoms with Crippen LogP contribution in [0.3, 0.4) is 0 Å². The minimum Gasteiger partial charge on any atom is -0.508 e. The zero-order valence-electron chi connectivity index (χ0n) is 15.9. The van der Waals surface area contributed by atoms with Crippen LogP contribution in [0.15, 0.2) is 24.3 Å². The molecular formula is C22H26O4. The van der Waals surface area contributed by atoms with Crippen molar-refractivity contribution in [1.29, 1.82) is 0 Å². The predicted octanol–water partition coefficient (Wildman–Crippen LogP) is 4.53. The van der Waals surface area contributed by atoms with E-state index in [1.165, 1.54) is 11.1 Å². The van der Waals surface area contributed by atoms with Crippen molar-refractivity contribution in [1.82, 2.24) is 0 Å². The molecule has 4 nitrogen and oxygen atoms in total. The van der Waals surface area contributed by atoms with E-state index in [1.807, 2.05) is 13.0 Å². The standard InChI is InChI=1S/C22H26O4/c1-13-9-16(24-4)11-18(23)20(13)15-10-14-5-6-19-17(21(14)25-12-15)7-8-22(2,3)26-19/h5-6,9,11,15,23H,7-8,10,12H2,1-4H3. The molecule has 138 valence electrons. The number of aryl methyl sites for hydroxylation is 1. The number of hydrogen-bond acceptors (Lipinski definition) is 4. The number of phenols is 1. The number of ether oxygens (including phenoxy) is 3. The smallest absolute Gasteiger partial charge is 0.129 e. The molecule has 4 heteroatoms. The summed E-state index contributed by atoms with van der Waals surface area (Å²) < 4.78 is 17.6. The first-order valence-electron chi connectivity index (χ1n) is 9.22. The molecule has 2 aromatic carbocycles. The molecule has 0 saturated heterocycles. The molecule has 0 fully saturated rings. The molecule has 2 aliphatic heterocycles. The van der Waals surface area contributed by atoms with Crippen molar-refractivity contribution in [3.05, 3.63) is 46.5 Å². The van der Waals surface area contributed by atoms with E-state index in [0.717, 1.165) is 41.9 Å². The van der Waals surface area contributed by atoms with Gasteiger partial charge in [-0.15, -0.1) is 0 Å². The molecule has 1 atom stereocenters. The molecule has 0 amide bonds. The highest BCUT2D eigenvalue weighted by Crippen LogP contribution is 2.45. The number of rotatable bonds is 2. The molecule has 2 aliphatic rings. The third-order valence-electron chi connectivity index (χ3n) is 5.54. The van der Waals surface area contributed by atoms with Crippen LogP contribution in [0.2, 0.25) is 0 Å². The van der Waals surface area contributed by atoms with E-state index in [-0.39, 0.29) is 17.3 Å². The second kappa shape index (κ2) is 6.11. The van der Waals surface area contributed by atoms with E-state index in [0.29, 0.717) is 12.4 Å². The fourth-order valence-electron chi connectivity index (χ4n) is 4.20. The quantitative estimate of drug-likeness (QED) is 0.861. The van der Waals surface area contributed by atoms with E-state index in [2.05, 4.69) is 26.0 Å². The summed E-state index contributed by atoms with van der Waals surface area (Å²) in [6, 6.07) is 7.83. The van der Waals surface area contributed by atoms with Gasteiger partial charge >= 0.3 is 0 Å². The van der Waals surface area contributed by atoms with Gasteiger partial charge in [-0.2, -0.15) is 0 Å². The van der Waals surface area contributed by atoms with Crippen LogP contribution >= 0.6 is 0 Å². The third-order valence-corrected chi connectivity index (χ3v) is 5.54. The number of phenolic OH excluding ortho intramolecular Hbond substituents is 1. The summed E-state index contributed by atoms with van der Waals surface area (Å²) in [5.41, 5.74) is 4.24. The van der Waals surface area contributed by atoms with Gasteiger partial charge in [0.25, 0.3) is 0 Å². The Morgan fingerprint density at radius 2 is 2.04 bits per heavy atom. The molecule has 0 aromatic heterocycles. The molecule has 26 heavy (non-hydrogen) atoms. The highest BCUT2D eigenvalue weighted by atomic mass is 16.5. The summed E-state index contributed by atoms with van der Waals surface area (Å²) in [6.45, 7) is 6.83. The van der Waals surface area contributed by atoms with Gasteiger partial charge in [-0.05, 0) is 63.3 Å². The van der Waals surface area contributed by atoms with Crippen LogP contribution in [0.25, 0.3) is 0 Å². The molecule has 0 aliphatic carbocycles. The van der Waals surface area contributed by atoms with E-state index >= 15 is 0 Å². The van der Waals surface area contributed by atoms with Crippen molar-refractivity contribution in [3.8, 4) is 23.0 Å². The summed E-state index contributed by atoms with van der Waals surface area (Å²) in [6.07, 6.45) is 2.82. The Balaban J connectivity index is 1.66.